The van der Waals surface area contributed by atoms with Gasteiger partial charge in [0.1, 0.15) is 23.0 Å². The molecule has 24 nitrogen and oxygen atoms in total. The number of aliphatic imine (C=N–C) groups is 1. The van der Waals surface area contributed by atoms with Crippen LogP contribution in [-0.4, -0.2) is 121 Å². The molecule has 6 aromatic heterocycles. The molecule has 0 saturated heterocycles. The number of H-pyrrole nitrogens is 1. The van der Waals surface area contributed by atoms with Crippen molar-refractivity contribution < 1.29 is 162 Å². The number of carbonyl (C=O) groups is 5. The fraction of sp³-hybridized carbons (Fsp3) is 0.160. The van der Waals surface area contributed by atoms with Crippen LogP contribution >= 0.6 is 105 Å². The molecule has 6 heterocycles. The molecular weight excluding hydrogens is 1630 g/mol. The molecule has 35 heteroatoms. The number of hydrogen-bond donors (Lipinski definition) is 7. The molecule has 0 atom stereocenters. The maximum absolute atomic E-state index is 12.5. The SMILES string of the molecule is CC.CC.CCO.COc1ccc(-n2c(-c3ccsc3)n[nH]c2=S)cc1.COc1ccc(-n2c(SCC(=O)c3ccccc3)nnc2-c2ccsc2)cc1.COc1ccc(N=C=S)cc1.COc1ccc(NC(=S)NNC(=O)c2ccsc2)cc1.NNC(=O)c1ccsc1.O=C(CCl)c1ccccc1.O=CO[O-].[H-].[K+].[K+]. The summed E-state index contributed by atoms with van der Waals surface area (Å²) in [5.74, 6) is 9.53. The van der Waals surface area contributed by atoms with Gasteiger partial charge in [-0.05, 0) is 186 Å². The third-order valence-electron chi connectivity index (χ3n) is 12.8. The van der Waals surface area contributed by atoms with Crippen LogP contribution in [0.3, 0.4) is 0 Å². The van der Waals surface area contributed by atoms with Crippen LogP contribution in [0.2, 0.25) is 0 Å². The number of aromatic nitrogens is 6. The van der Waals surface area contributed by atoms with Gasteiger partial charge >= 0.3 is 103 Å². The zero-order valence-electron chi connectivity index (χ0n) is 63.0. The number of carbonyl (C=O) groups excluding carboxylic acids is 5. The van der Waals surface area contributed by atoms with Crippen molar-refractivity contribution in [3.63, 3.8) is 0 Å². The van der Waals surface area contributed by atoms with Crippen molar-refractivity contribution in [3.05, 3.63) is 252 Å². The van der Waals surface area contributed by atoms with Crippen LogP contribution in [0, 0.1) is 4.77 Å². The minimum absolute atomic E-state index is 0. The number of methoxy groups -OCH3 is 4. The average Bonchev–Trinajstić information content (AvgIpc) is 1.67. The number of hydrazine groups is 2. The van der Waals surface area contributed by atoms with E-state index >= 15 is 0 Å². The summed E-state index contributed by atoms with van der Waals surface area (Å²) in [5.41, 5.74) is 15.3. The van der Waals surface area contributed by atoms with Crippen LogP contribution in [0.1, 0.15) is 77.5 Å². The first-order valence-corrected chi connectivity index (χ1v) is 38.6. The van der Waals surface area contributed by atoms with E-state index in [-0.39, 0.29) is 147 Å². The Morgan fingerprint density at radius 1 is 0.618 bits per heavy atom. The van der Waals surface area contributed by atoms with Crippen molar-refractivity contribution in [3.8, 4) is 57.1 Å². The summed E-state index contributed by atoms with van der Waals surface area (Å²) in [5, 5.41) is 53.4. The summed E-state index contributed by atoms with van der Waals surface area (Å²) in [4.78, 5) is 60.7. The number of hydrogen-bond acceptors (Lipinski definition) is 25. The second-order valence-corrected chi connectivity index (χ2v) is 24.7. The quantitative estimate of drug-likeness (QED) is 0.00338. The topological polar surface area (TPSA) is 326 Å². The van der Waals surface area contributed by atoms with E-state index in [4.69, 9.17) is 76.0 Å². The molecule has 0 fully saturated rings. The molecule has 0 aliphatic rings. The van der Waals surface area contributed by atoms with E-state index in [0.29, 0.717) is 43.0 Å². The van der Waals surface area contributed by atoms with Gasteiger partial charge in [-0.2, -0.15) is 55.4 Å². The Balaban J connectivity index is 0.00000131. The third kappa shape index (κ3) is 37.0. The predicted molar refractivity (Wildman–Crippen MR) is 444 cm³/mol. The number of ketones is 2. The van der Waals surface area contributed by atoms with Crippen LogP contribution in [0.4, 0.5) is 11.4 Å². The van der Waals surface area contributed by atoms with Gasteiger partial charge in [-0.1, -0.05) is 100 Å². The molecule has 570 valence electrons. The standard InChI is InChI=1S/C21H17N3O2S2.C13H13N3O2S2.C13H11N3OS2.C8H7ClO.C8H7NOS.C5H6N2OS.C2H6O.2C2H6.CH2O3.2K.H/c1-26-18-9-7-17(8-10-18)24-20(16-11-12-27-13-16)22-23-21(24)28-14-19(25)15-5-3-2-4-6-15;1-18-11-4-2-10(3-5-11)14-13(19)16-15-12(17)9-6-7-20-8-9;1-17-11-4-2-10(3-5-11)16-12(14-15-13(16)18)9-6-7-19-8-9;9-6-8(10)7-4-2-1-3-5-7;1-10-8-4-2-7(3-5-8)9-6-11;6-7-5(8)4-1-2-9-3-4;1-2-3;2*1-2;2-1-4-3;;;/h2-13H,14H2,1H3;2-8H,1H3,(H,15,17)(H2,14,16,19);2-8H,1H3,(H,15,18);1-5H,6H2;2-5H,1H3;1-3H,6H2,(H,7,8);3H,2H2,1H3;2*1-2H3;1,3H;;;/q;;;;;;;;;;2*+1;-1/p-1. The Bertz CT molecular complexity index is 4580. The number of halogens is 1. The number of ether oxygens (including phenoxy) is 4. The summed E-state index contributed by atoms with van der Waals surface area (Å²) in [6, 6.07) is 55.8. The fourth-order valence-corrected chi connectivity index (χ4v) is 12.0. The average molecular weight is 1710 g/mol. The van der Waals surface area contributed by atoms with Crippen LogP contribution < -0.4 is 154 Å². The van der Waals surface area contributed by atoms with Crippen molar-refractivity contribution >= 4 is 157 Å². The van der Waals surface area contributed by atoms with Crippen molar-refractivity contribution in [2.45, 2.75) is 39.8 Å². The smallest absolute Gasteiger partial charge is 1.00 e. The number of anilines is 1. The number of benzene rings is 6. The number of rotatable bonds is 19. The Morgan fingerprint density at radius 3 is 1.45 bits per heavy atom. The molecule has 2 amide bonds. The van der Waals surface area contributed by atoms with Crippen molar-refractivity contribution in [2.24, 2.45) is 10.8 Å². The number of Topliss-reactive ketones (excluding diaryl/α,β-unsaturated/α-hetero) is 2. The number of thiophene rings is 4. The van der Waals surface area contributed by atoms with Gasteiger partial charge in [-0.3, -0.25) is 54.5 Å². The molecule has 0 aliphatic heterocycles. The molecule has 0 unspecified atom stereocenters. The van der Waals surface area contributed by atoms with Crippen LogP contribution in [-0.2, 0) is 9.68 Å². The van der Waals surface area contributed by atoms with E-state index in [2.05, 4.69) is 63.8 Å². The second-order valence-electron chi connectivity index (χ2n) is 19.4. The van der Waals surface area contributed by atoms with Gasteiger partial charge in [0.25, 0.3) is 18.3 Å². The molecule has 0 spiro atoms. The number of aliphatic hydroxyl groups is 1. The largest absolute Gasteiger partial charge is 1.00 e. The Labute approximate surface area is 766 Å². The summed E-state index contributed by atoms with van der Waals surface area (Å²) in [6.07, 6.45) is 0. The summed E-state index contributed by atoms with van der Waals surface area (Å²) in [6.45, 7) is 9.75. The Hall–Kier alpha value is -7.15. The summed E-state index contributed by atoms with van der Waals surface area (Å²) < 4.78 is 24.9. The van der Waals surface area contributed by atoms with Gasteiger partial charge in [-0.15, -0.1) is 21.8 Å². The molecule has 12 aromatic rings. The monoisotopic (exact) mass is 1710 g/mol. The maximum atomic E-state index is 12.5. The molecule has 110 heavy (non-hydrogen) atoms. The van der Waals surface area contributed by atoms with Crippen LogP contribution in [0.5, 0.6) is 23.0 Å². The number of amides is 2. The molecule has 8 N–H and O–H groups in total. The number of nitrogens with zero attached hydrogens (tertiary/aromatic N) is 6. The van der Waals surface area contributed by atoms with E-state index in [9.17, 15) is 19.2 Å². The number of thioether (sulfide) groups is 1. The van der Waals surface area contributed by atoms with Crippen LogP contribution in [0.25, 0.3) is 34.2 Å². The first-order chi connectivity index (χ1) is 52.6. The number of isothiocyanates is 1. The van der Waals surface area contributed by atoms with E-state index in [0.717, 1.165) is 68.5 Å². The molecule has 0 radical (unpaired) electrons. The predicted octanol–water partition coefficient (Wildman–Crippen LogP) is 10.5. The van der Waals surface area contributed by atoms with Gasteiger partial charge in [-0.25, -0.2) is 5.84 Å². The number of thiocarbonyl (C=S) groups is 2. The van der Waals surface area contributed by atoms with Gasteiger partial charge in [0, 0.05) is 61.8 Å². The molecule has 12 rings (SSSR count). The molecule has 0 aliphatic carbocycles. The molecule has 0 bridgehead atoms. The zero-order chi connectivity index (χ0) is 79.3. The van der Waals surface area contributed by atoms with E-state index < -0.39 is 0 Å². The second kappa shape index (κ2) is 61.4. The zero-order valence-corrected chi connectivity index (χ0v) is 75.5. The number of aliphatic hydroxyl groups excluding tert-OH is 1. The normalized spacial score (nSPS) is 9.21. The van der Waals surface area contributed by atoms with Gasteiger partial charge in [0.2, 0.25) is 0 Å². The van der Waals surface area contributed by atoms with E-state index in [1.165, 1.54) is 34.4 Å². The fourth-order valence-electron chi connectivity index (χ4n) is 7.90. The maximum Gasteiger partial charge on any atom is 1.00 e. The van der Waals surface area contributed by atoms with E-state index in [1.54, 1.807) is 93.1 Å². The molecular formula is C75H81ClK2N12O12S8. The van der Waals surface area contributed by atoms with Gasteiger partial charge < -0.3 is 40.9 Å². The number of nitrogen functional groups attached to an aromatic ring is 1. The number of alkyl halides is 1. The summed E-state index contributed by atoms with van der Waals surface area (Å²) >= 11 is 27.7. The van der Waals surface area contributed by atoms with Crippen molar-refractivity contribution in [1.82, 2.24) is 45.8 Å². The Morgan fingerprint density at radius 2 is 1.04 bits per heavy atom. The first-order valence-electron chi connectivity index (χ1n) is 32.1. The van der Waals surface area contributed by atoms with Gasteiger partial charge in [0.15, 0.2) is 38.3 Å². The van der Waals surface area contributed by atoms with Crippen molar-refractivity contribution in [1.29, 1.82) is 0 Å². The number of aromatic amines is 1. The molecule has 6 aromatic carbocycles. The molecule has 0 saturated carbocycles. The minimum Gasteiger partial charge on any atom is -1.00 e. The van der Waals surface area contributed by atoms with Crippen LogP contribution in [0.15, 0.2) is 235 Å². The first kappa shape index (κ1) is 101. The Kier molecular flexibility index (Phi) is 56.3. The minimum atomic E-state index is -0.240. The van der Waals surface area contributed by atoms with E-state index in [1.807, 2.05) is 232 Å². The van der Waals surface area contributed by atoms with Gasteiger partial charge in [0.05, 0.1) is 67.7 Å². The number of nitrogens with two attached hydrogens (primary N) is 1. The summed E-state index contributed by atoms with van der Waals surface area (Å²) in [7, 11) is 6.52. The third-order valence-corrected chi connectivity index (χ3v) is 17.3. The number of nitrogens with one attached hydrogen (secondary N) is 5. The van der Waals surface area contributed by atoms with Crippen molar-refractivity contribution in [2.75, 3.05) is 52.0 Å².